The Morgan fingerprint density at radius 1 is 1.16 bits per heavy atom. The van der Waals surface area contributed by atoms with E-state index in [1.54, 1.807) is 36.4 Å². The van der Waals surface area contributed by atoms with Gasteiger partial charge in [-0.1, -0.05) is 23.2 Å². The van der Waals surface area contributed by atoms with Crippen molar-refractivity contribution in [1.29, 1.82) is 5.26 Å². The fourth-order valence-electron chi connectivity index (χ4n) is 2.07. The first-order valence-electron chi connectivity index (χ1n) is 7.08. The fraction of sp³-hybridized carbons (Fsp3) is 0.111. The van der Waals surface area contributed by atoms with Crippen molar-refractivity contribution in [2.75, 3.05) is 19.5 Å². The van der Waals surface area contributed by atoms with Crippen LogP contribution in [0.4, 0.5) is 5.69 Å². The summed E-state index contributed by atoms with van der Waals surface area (Å²) >= 11 is 11.9. The number of hydrogen-bond donors (Lipinski definition) is 1. The van der Waals surface area contributed by atoms with E-state index in [9.17, 15) is 10.1 Å². The van der Waals surface area contributed by atoms with Gasteiger partial charge in [0.25, 0.3) is 5.91 Å². The van der Waals surface area contributed by atoms with E-state index in [0.717, 1.165) is 0 Å². The number of rotatable bonds is 5. The molecule has 0 heterocycles. The minimum absolute atomic E-state index is 0.0850. The SMILES string of the molecule is COc1cc(/C=C(/C#N)C(=O)Nc2ccc(Cl)cc2)cc(Cl)c1OC. The lowest BCUT2D eigenvalue weighted by molar-refractivity contribution is -0.112. The van der Waals surface area contributed by atoms with Gasteiger partial charge in [-0.25, -0.2) is 0 Å². The van der Waals surface area contributed by atoms with Crippen LogP contribution in [0.2, 0.25) is 10.0 Å². The van der Waals surface area contributed by atoms with Crippen LogP contribution in [0.5, 0.6) is 11.5 Å². The predicted molar refractivity (Wildman–Crippen MR) is 98.2 cm³/mol. The minimum Gasteiger partial charge on any atom is -0.493 e. The molecule has 0 spiro atoms. The number of ether oxygens (including phenoxy) is 2. The molecular weight excluding hydrogens is 363 g/mol. The number of anilines is 1. The number of nitrogens with one attached hydrogen (secondary N) is 1. The van der Waals surface area contributed by atoms with E-state index in [0.29, 0.717) is 32.8 Å². The van der Waals surface area contributed by atoms with Crippen molar-refractivity contribution in [3.8, 4) is 17.6 Å². The third kappa shape index (κ3) is 4.66. The topological polar surface area (TPSA) is 71.3 Å². The van der Waals surface area contributed by atoms with Gasteiger partial charge >= 0.3 is 0 Å². The molecule has 0 aliphatic carbocycles. The molecule has 0 saturated carbocycles. The molecule has 0 unspecified atom stereocenters. The van der Waals surface area contributed by atoms with Crippen LogP contribution < -0.4 is 14.8 Å². The molecule has 0 bridgehead atoms. The molecule has 5 nitrogen and oxygen atoms in total. The molecule has 0 fully saturated rings. The van der Waals surface area contributed by atoms with Crippen molar-refractivity contribution in [3.63, 3.8) is 0 Å². The van der Waals surface area contributed by atoms with Crippen LogP contribution in [-0.2, 0) is 4.79 Å². The van der Waals surface area contributed by atoms with Crippen LogP contribution in [0.15, 0.2) is 42.0 Å². The summed E-state index contributed by atoms with van der Waals surface area (Å²) in [6, 6.07) is 11.6. The van der Waals surface area contributed by atoms with Gasteiger partial charge in [0.15, 0.2) is 11.5 Å². The van der Waals surface area contributed by atoms with E-state index < -0.39 is 5.91 Å². The molecule has 1 amide bonds. The zero-order chi connectivity index (χ0) is 18.4. The second kappa shape index (κ2) is 8.43. The maximum Gasteiger partial charge on any atom is 0.266 e. The van der Waals surface area contributed by atoms with Gasteiger partial charge in [-0.15, -0.1) is 0 Å². The summed E-state index contributed by atoms with van der Waals surface area (Å²) < 4.78 is 10.4. The largest absolute Gasteiger partial charge is 0.493 e. The molecule has 2 rings (SSSR count). The molecule has 128 valence electrons. The third-order valence-corrected chi connectivity index (χ3v) is 3.77. The maximum absolute atomic E-state index is 12.3. The molecule has 0 atom stereocenters. The number of hydrogen-bond acceptors (Lipinski definition) is 4. The summed E-state index contributed by atoms with van der Waals surface area (Å²) in [5.74, 6) is 0.234. The highest BCUT2D eigenvalue weighted by Gasteiger charge is 2.13. The Labute approximate surface area is 155 Å². The van der Waals surface area contributed by atoms with E-state index in [1.165, 1.54) is 20.3 Å². The Balaban J connectivity index is 2.30. The van der Waals surface area contributed by atoms with Gasteiger partial charge in [0, 0.05) is 10.7 Å². The second-order valence-electron chi connectivity index (χ2n) is 4.87. The van der Waals surface area contributed by atoms with Crippen molar-refractivity contribution in [1.82, 2.24) is 0 Å². The normalized spacial score (nSPS) is 10.8. The Hall–Kier alpha value is -2.68. The summed E-state index contributed by atoms with van der Waals surface area (Å²) in [6.07, 6.45) is 1.42. The van der Waals surface area contributed by atoms with E-state index >= 15 is 0 Å². The Morgan fingerprint density at radius 2 is 1.84 bits per heavy atom. The Bertz CT molecular complexity index is 856. The van der Waals surface area contributed by atoms with Crippen LogP contribution in [0.1, 0.15) is 5.56 Å². The standard InChI is InChI=1S/C18H14Cl2N2O3/c1-24-16-9-11(8-15(20)17(16)25-2)7-12(10-21)18(23)22-14-5-3-13(19)4-6-14/h3-9H,1-2H3,(H,22,23)/b12-7-. The first-order chi connectivity index (χ1) is 12.0. The number of halogens is 2. The smallest absolute Gasteiger partial charge is 0.266 e. The summed E-state index contributed by atoms with van der Waals surface area (Å²) in [7, 11) is 2.94. The van der Waals surface area contributed by atoms with Gasteiger partial charge in [0.2, 0.25) is 0 Å². The van der Waals surface area contributed by atoms with Gasteiger partial charge in [0.05, 0.1) is 19.2 Å². The van der Waals surface area contributed by atoms with Crippen molar-refractivity contribution in [2.24, 2.45) is 0 Å². The molecule has 7 heteroatoms. The molecule has 0 aliphatic heterocycles. The number of nitrogens with zero attached hydrogens (tertiary/aromatic N) is 1. The molecule has 25 heavy (non-hydrogen) atoms. The average molecular weight is 377 g/mol. The van der Waals surface area contributed by atoms with E-state index in [1.807, 2.05) is 6.07 Å². The van der Waals surface area contributed by atoms with Crippen LogP contribution >= 0.6 is 23.2 Å². The number of benzene rings is 2. The predicted octanol–water partition coefficient (Wildman–Crippen LogP) is 4.56. The summed E-state index contributed by atoms with van der Waals surface area (Å²) in [6.45, 7) is 0. The highest BCUT2D eigenvalue weighted by Crippen LogP contribution is 2.36. The highest BCUT2D eigenvalue weighted by atomic mass is 35.5. The maximum atomic E-state index is 12.3. The van der Waals surface area contributed by atoms with E-state index in [2.05, 4.69) is 5.32 Å². The number of methoxy groups -OCH3 is 2. The van der Waals surface area contributed by atoms with Gasteiger partial charge in [-0.05, 0) is 48.0 Å². The van der Waals surface area contributed by atoms with Crippen LogP contribution in [0.25, 0.3) is 6.08 Å². The van der Waals surface area contributed by atoms with Crippen LogP contribution in [0, 0.1) is 11.3 Å². The third-order valence-electron chi connectivity index (χ3n) is 3.23. The molecule has 0 radical (unpaired) electrons. The van der Waals surface area contributed by atoms with Gasteiger partial charge in [0.1, 0.15) is 11.6 Å². The second-order valence-corrected chi connectivity index (χ2v) is 5.71. The Morgan fingerprint density at radius 3 is 2.40 bits per heavy atom. The molecule has 2 aromatic rings. The molecular formula is C18H14Cl2N2O3. The van der Waals surface area contributed by atoms with Crippen molar-refractivity contribution >= 4 is 40.9 Å². The monoisotopic (exact) mass is 376 g/mol. The zero-order valence-corrected chi connectivity index (χ0v) is 15.0. The van der Waals surface area contributed by atoms with E-state index in [-0.39, 0.29) is 5.57 Å². The lowest BCUT2D eigenvalue weighted by atomic mass is 10.1. The highest BCUT2D eigenvalue weighted by molar-refractivity contribution is 6.32. The van der Waals surface area contributed by atoms with Gasteiger partial charge in [-0.2, -0.15) is 5.26 Å². The quantitative estimate of drug-likeness (QED) is 0.613. The lowest BCUT2D eigenvalue weighted by Crippen LogP contribution is -2.13. The van der Waals surface area contributed by atoms with Crippen molar-refractivity contribution in [2.45, 2.75) is 0 Å². The lowest BCUT2D eigenvalue weighted by Gasteiger charge is -2.10. The summed E-state index contributed by atoms with van der Waals surface area (Å²) in [4.78, 5) is 12.3. The molecule has 0 aliphatic rings. The Kier molecular flexibility index (Phi) is 6.29. The molecule has 0 aromatic heterocycles. The van der Waals surface area contributed by atoms with Crippen LogP contribution in [0.3, 0.4) is 0 Å². The molecule has 1 N–H and O–H groups in total. The first-order valence-corrected chi connectivity index (χ1v) is 7.84. The van der Waals surface area contributed by atoms with Gasteiger partial charge in [-0.3, -0.25) is 4.79 Å². The van der Waals surface area contributed by atoms with Gasteiger partial charge < -0.3 is 14.8 Å². The summed E-state index contributed by atoms with van der Waals surface area (Å²) in [5, 5.41) is 12.8. The average Bonchev–Trinajstić information content (AvgIpc) is 2.60. The number of carbonyl (C=O) groups is 1. The minimum atomic E-state index is -0.546. The van der Waals surface area contributed by atoms with Crippen molar-refractivity contribution < 1.29 is 14.3 Å². The summed E-state index contributed by atoms with van der Waals surface area (Å²) in [5.41, 5.74) is 0.976. The molecule has 0 saturated heterocycles. The first kappa shape index (κ1) is 18.7. The van der Waals surface area contributed by atoms with E-state index in [4.69, 9.17) is 32.7 Å². The number of nitriles is 1. The zero-order valence-electron chi connectivity index (χ0n) is 13.5. The van der Waals surface area contributed by atoms with Crippen molar-refractivity contribution in [3.05, 3.63) is 57.6 Å². The molecule has 2 aromatic carbocycles. The number of carbonyl (C=O) groups excluding carboxylic acids is 1. The number of amides is 1. The van der Waals surface area contributed by atoms with Crippen LogP contribution in [-0.4, -0.2) is 20.1 Å². The fourth-order valence-corrected chi connectivity index (χ4v) is 2.49.